The third-order valence-corrected chi connectivity index (χ3v) is 3.44. The Balaban J connectivity index is 1.76. The summed E-state index contributed by atoms with van der Waals surface area (Å²) >= 11 is 6.02. The average molecular weight is 305 g/mol. The number of carbonyl (C=O) groups excluding carboxylic acids is 1. The first-order valence-electron chi connectivity index (χ1n) is 6.33. The van der Waals surface area contributed by atoms with Crippen LogP contribution in [-0.2, 0) is 13.1 Å². The molecule has 3 N–H and O–H groups in total. The number of hydrogen-bond donors (Lipinski definition) is 2. The van der Waals surface area contributed by atoms with Crippen LogP contribution in [0.4, 0.5) is 0 Å². The van der Waals surface area contributed by atoms with E-state index < -0.39 is 5.91 Å². The van der Waals surface area contributed by atoms with Crippen LogP contribution in [0.15, 0.2) is 36.7 Å². The van der Waals surface area contributed by atoms with E-state index in [0.29, 0.717) is 18.1 Å². The zero-order valence-corrected chi connectivity index (χ0v) is 11.8. The summed E-state index contributed by atoms with van der Waals surface area (Å²) in [6.07, 6.45) is 3.55. The number of rotatable bonds is 4. The van der Waals surface area contributed by atoms with Gasteiger partial charge >= 0.3 is 0 Å². The van der Waals surface area contributed by atoms with Gasteiger partial charge in [0.1, 0.15) is 0 Å². The maximum Gasteiger partial charge on any atom is 0.287 e. The Morgan fingerprint density at radius 1 is 1.33 bits per heavy atom. The fraction of sp³-hybridized carbons (Fsp3) is 0.154. The summed E-state index contributed by atoms with van der Waals surface area (Å²) in [6, 6.07) is 7.79. The molecule has 21 heavy (non-hydrogen) atoms. The molecule has 1 amide bonds. The smallest absolute Gasteiger partial charge is 0.287 e. The quantitative estimate of drug-likeness (QED) is 0.430. The van der Waals surface area contributed by atoms with Gasteiger partial charge in [0.25, 0.3) is 5.91 Å². The van der Waals surface area contributed by atoms with Gasteiger partial charge in [-0.1, -0.05) is 22.9 Å². The molecule has 0 aliphatic carbocycles. The zero-order chi connectivity index (χ0) is 14.8. The maximum absolute atomic E-state index is 11.3. The van der Waals surface area contributed by atoms with E-state index in [4.69, 9.17) is 17.4 Å². The summed E-state index contributed by atoms with van der Waals surface area (Å²) in [5, 5.41) is 9.47. The minimum Gasteiger partial charge on any atom is -0.346 e. The largest absolute Gasteiger partial charge is 0.346 e. The molecule has 2 aromatic heterocycles. The summed E-state index contributed by atoms with van der Waals surface area (Å²) in [7, 11) is 0. The van der Waals surface area contributed by atoms with Gasteiger partial charge < -0.3 is 4.57 Å². The van der Waals surface area contributed by atoms with Crippen molar-refractivity contribution >= 4 is 28.4 Å². The number of aromatic nitrogens is 4. The van der Waals surface area contributed by atoms with Gasteiger partial charge in [-0.2, -0.15) is 0 Å². The Morgan fingerprint density at radius 3 is 3.00 bits per heavy atom. The maximum atomic E-state index is 11.3. The summed E-state index contributed by atoms with van der Waals surface area (Å²) in [5.74, 6) is 4.59. The van der Waals surface area contributed by atoms with Crippen LogP contribution in [0.3, 0.4) is 0 Å². The lowest BCUT2D eigenvalue weighted by molar-refractivity contribution is 0.0948. The van der Waals surface area contributed by atoms with Crippen molar-refractivity contribution in [1.82, 2.24) is 25.0 Å². The number of aryl methyl sites for hydroxylation is 2. The summed E-state index contributed by atoms with van der Waals surface area (Å²) < 4.78 is 3.67. The molecule has 108 valence electrons. The van der Waals surface area contributed by atoms with Crippen molar-refractivity contribution in [2.45, 2.75) is 13.1 Å². The number of benzene rings is 1. The Bertz CT molecular complexity index is 793. The monoisotopic (exact) mass is 304 g/mol. The van der Waals surface area contributed by atoms with Gasteiger partial charge in [0.2, 0.25) is 0 Å². The summed E-state index contributed by atoms with van der Waals surface area (Å²) in [6.45, 7) is 1.28. The summed E-state index contributed by atoms with van der Waals surface area (Å²) in [4.78, 5) is 11.3. The molecule has 0 aliphatic rings. The Labute approximate surface area is 125 Å². The number of amides is 1. The van der Waals surface area contributed by atoms with Crippen LogP contribution in [0.25, 0.3) is 10.9 Å². The molecule has 2 heterocycles. The third-order valence-electron chi connectivity index (χ3n) is 3.21. The second-order valence-corrected chi connectivity index (χ2v) is 4.99. The molecule has 0 bridgehead atoms. The fourth-order valence-corrected chi connectivity index (χ4v) is 2.31. The highest BCUT2D eigenvalue weighted by Crippen LogP contribution is 2.20. The lowest BCUT2D eigenvalue weighted by atomic mass is 10.2. The topological polar surface area (TPSA) is 90.8 Å². The van der Waals surface area contributed by atoms with Crippen LogP contribution >= 0.6 is 11.6 Å². The van der Waals surface area contributed by atoms with Crippen LogP contribution in [0, 0.1) is 0 Å². The number of nitrogens with one attached hydrogen (secondary N) is 1. The van der Waals surface area contributed by atoms with Crippen molar-refractivity contribution in [1.29, 1.82) is 0 Å². The molecule has 0 atom stereocenters. The second-order valence-electron chi connectivity index (χ2n) is 4.55. The molecule has 1 aromatic carbocycles. The molecule has 7 nitrogen and oxygen atoms in total. The van der Waals surface area contributed by atoms with Crippen LogP contribution in [0.5, 0.6) is 0 Å². The molecule has 3 aromatic rings. The standard InChI is InChI=1S/C13H13ClN6O/c14-10-2-1-9-3-4-19(12(9)7-10)5-6-20-8-11(17-18-20)13(21)16-15/h1-4,7-8H,5-6,15H2,(H,16,21). The second kappa shape index (κ2) is 5.55. The minimum atomic E-state index is -0.459. The van der Waals surface area contributed by atoms with E-state index in [-0.39, 0.29) is 5.69 Å². The molecular weight excluding hydrogens is 292 g/mol. The van der Waals surface area contributed by atoms with Crippen molar-refractivity contribution in [2.24, 2.45) is 5.84 Å². The molecule has 0 saturated heterocycles. The van der Waals surface area contributed by atoms with Gasteiger partial charge in [0, 0.05) is 23.3 Å². The number of nitrogens with two attached hydrogens (primary N) is 1. The van der Waals surface area contributed by atoms with Crippen LogP contribution < -0.4 is 11.3 Å². The predicted octanol–water partition coefficient (Wildman–Crippen LogP) is 1.19. The predicted molar refractivity (Wildman–Crippen MR) is 78.6 cm³/mol. The fourth-order valence-electron chi connectivity index (χ4n) is 2.15. The number of nitrogen functional groups attached to an aromatic ring is 1. The number of hydrogen-bond acceptors (Lipinski definition) is 4. The van der Waals surface area contributed by atoms with Crippen molar-refractivity contribution in [2.75, 3.05) is 0 Å². The van der Waals surface area contributed by atoms with Gasteiger partial charge in [-0.25, -0.2) is 10.5 Å². The zero-order valence-electron chi connectivity index (χ0n) is 11.0. The number of fused-ring (bicyclic) bond motifs is 1. The number of hydrazine groups is 1. The molecule has 0 aliphatic heterocycles. The Kier molecular flexibility index (Phi) is 3.59. The van der Waals surface area contributed by atoms with E-state index in [1.54, 1.807) is 10.9 Å². The lowest BCUT2D eigenvalue weighted by Gasteiger charge is -2.05. The van der Waals surface area contributed by atoms with E-state index in [9.17, 15) is 4.79 Å². The highest BCUT2D eigenvalue weighted by molar-refractivity contribution is 6.31. The molecule has 3 rings (SSSR count). The van der Waals surface area contributed by atoms with Crippen LogP contribution in [-0.4, -0.2) is 25.5 Å². The Morgan fingerprint density at radius 2 is 2.19 bits per heavy atom. The lowest BCUT2D eigenvalue weighted by Crippen LogP contribution is -2.30. The van der Waals surface area contributed by atoms with Crippen LogP contribution in [0.2, 0.25) is 5.02 Å². The molecule has 0 spiro atoms. The minimum absolute atomic E-state index is 0.193. The number of carbonyl (C=O) groups is 1. The Hall–Kier alpha value is -2.38. The van der Waals surface area contributed by atoms with Gasteiger partial charge in [-0.15, -0.1) is 5.10 Å². The number of halogens is 1. The molecule has 8 heteroatoms. The van der Waals surface area contributed by atoms with Crippen molar-refractivity contribution in [3.63, 3.8) is 0 Å². The molecule has 0 fully saturated rings. The van der Waals surface area contributed by atoms with E-state index in [2.05, 4.69) is 14.9 Å². The van der Waals surface area contributed by atoms with Gasteiger partial charge in [0.05, 0.1) is 12.7 Å². The SMILES string of the molecule is NNC(=O)c1cn(CCn2ccc3ccc(Cl)cc32)nn1. The normalized spacial score (nSPS) is 11.0. The van der Waals surface area contributed by atoms with Crippen molar-refractivity contribution < 1.29 is 4.79 Å². The first kappa shape index (κ1) is 13.6. The van der Waals surface area contributed by atoms with E-state index in [1.807, 2.05) is 35.9 Å². The molecule has 0 radical (unpaired) electrons. The average Bonchev–Trinajstić information content (AvgIpc) is 3.10. The van der Waals surface area contributed by atoms with Crippen molar-refractivity contribution in [3.8, 4) is 0 Å². The number of nitrogens with zero attached hydrogens (tertiary/aromatic N) is 4. The van der Waals surface area contributed by atoms with Gasteiger partial charge in [0.15, 0.2) is 5.69 Å². The molecular formula is C13H13ClN6O. The van der Waals surface area contributed by atoms with E-state index in [1.165, 1.54) is 0 Å². The van der Waals surface area contributed by atoms with E-state index >= 15 is 0 Å². The van der Waals surface area contributed by atoms with Gasteiger partial charge in [-0.05, 0) is 23.6 Å². The molecule has 0 unspecified atom stereocenters. The third kappa shape index (κ3) is 2.74. The van der Waals surface area contributed by atoms with E-state index in [0.717, 1.165) is 10.9 Å². The highest BCUT2D eigenvalue weighted by atomic mass is 35.5. The van der Waals surface area contributed by atoms with Crippen LogP contribution in [0.1, 0.15) is 10.5 Å². The highest BCUT2D eigenvalue weighted by Gasteiger charge is 2.09. The molecule has 0 saturated carbocycles. The van der Waals surface area contributed by atoms with Gasteiger partial charge in [-0.3, -0.25) is 10.2 Å². The first-order chi connectivity index (χ1) is 10.2. The van der Waals surface area contributed by atoms with Crippen molar-refractivity contribution in [3.05, 3.63) is 47.4 Å². The summed E-state index contributed by atoms with van der Waals surface area (Å²) in [5.41, 5.74) is 3.27. The first-order valence-corrected chi connectivity index (χ1v) is 6.70.